The smallest absolute Gasteiger partial charge is 0.325 e. The van der Waals surface area contributed by atoms with Gasteiger partial charge in [0.25, 0.3) is 10.1 Å². The van der Waals surface area contributed by atoms with Crippen LogP contribution in [0.4, 0.5) is 0 Å². The van der Waals surface area contributed by atoms with Crippen molar-refractivity contribution in [2.45, 2.75) is 39.2 Å². The third kappa shape index (κ3) is 3.82. The fourth-order valence-corrected chi connectivity index (χ4v) is 5.52. The van der Waals surface area contributed by atoms with Gasteiger partial charge in [0.1, 0.15) is 11.8 Å². The minimum absolute atomic E-state index is 0.0152. The average Bonchev–Trinajstić information content (AvgIpc) is 2.88. The molecule has 0 aromatic heterocycles. The van der Waals surface area contributed by atoms with Crippen molar-refractivity contribution in [2.75, 3.05) is 5.75 Å². The second-order valence-corrected chi connectivity index (χ2v) is 9.07. The number of benzene rings is 1. The second kappa shape index (κ2) is 7.09. The Morgan fingerprint density at radius 2 is 1.88 bits per heavy atom. The lowest BCUT2D eigenvalue weighted by molar-refractivity contribution is -0.138. The van der Waals surface area contributed by atoms with Crippen LogP contribution in [0.15, 0.2) is 30.3 Å². The predicted octanol–water partition coefficient (Wildman–Crippen LogP) is 2.04. The fraction of sp³-hybridized carbons (Fsp3) is 0.556. The molecule has 26 heavy (non-hydrogen) atoms. The maximum atomic E-state index is 11.9. The number of aliphatic carboxylic acids is 1. The Balaban J connectivity index is 0.000000197. The molecule has 1 aromatic carbocycles. The molecule has 4 N–H and O–H groups in total. The number of Topliss-reactive ketones (excluding diaryl/α,β-unsaturated/α-hetero) is 1. The zero-order chi connectivity index (χ0) is 19.8. The molecule has 0 aliphatic heterocycles. The lowest BCUT2D eigenvalue weighted by atomic mass is 9.70. The van der Waals surface area contributed by atoms with Gasteiger partial charge in [0.05, 0.1) is 11.2 Å². The number of nitrogens with two attached hydrogens (primary N) is 1. The van der Waals surface area contributed by atoms with E-state index >= 15 is 0 Å². The molecule has 2 aliphatic carbocycles. The van der Waals surface area contributed by atoms with Crippen LogP contribution in [0.3, 0.4) is 0 Å². The van der Waals surface area contributed by atoms with Gasteiger partial charge in [-0.15, -0.1) is 0 Å². The van der Waals surface area contributed by atoms with Gasteiger partial charge in [-0.1, -0.05) is 44.2 Å². The standard InChI is InChI=1S/C10H16O4S.C8H9NO2/c1-9(2)7-3-4-10(9,8(11)5-7)6-15(12,13)14;9-7(8(10)11)6-4-2-1-3-5-6/h7H,3-6H2,1-2H3,(H,12,13,14);1-5,7H,9H2,(H,10,11)/t7-,10+;7-/m01/s1. The lowest BCUT2D eigenvalue weighted by Gasteiger charge is -2.35. The minimum atomic E-state index is -4.08. The Bertz CT molecular complexity index is 789. The number of rotatable bonds is 4. The molecule has 1 aromatic rings. The molecule has 0 spiro atoms. The molecule has 8 heteroatoms. The third-order valence-corrected chi connectivity index (χ3v) is 6.85. The van der Waals surface area contributed by atoms with Crippen LogP contribution in [0.5, 0.6) is 0 Å². The number of carboxylic acids is 1. The van der Waals surface area contributed by atoms with Gasteiger partial charge in [-0.25, -0.2) is 0 Å². The maximum Gasteiger partial charge on any atom is 0.325 e. The van der Waals surface area contributed by atoms with Crippen molar-refractivity contribution in [3.05, 3.63) is 35.9 Å². The van der Waals surface area contributed by atoms with Gasteiger partial charge >= 0.3 is 5.97 Å². The van der Waals surface area contributed by atoms with Crippen LogP contribution in [0.2, 0.25) is 0 Å². The highest BCUT2D eigenvalue weighted by Crippen LogP contribution is 2.64. The number of carbonyl (C=O) groups excluding carboxylic acids is 1. The molecule has 0 amide bonds. The molecule has 2 saturated carbocycles. The molecule has 144 valence electrons. The van der Waals surface area contributed by atoms with Gasteiger partial charge in [0.2, 0.25) is 0 Å². The predicted molar refractivity (Wildman–Crippen MR) is 96.0 cm³/mol. The molecule has 0 unspecified atom stereocenters. The summed E-state index contributed by atoms with van der Waals surface area (Å²) in [5.74, 6) is -1.10. The number of carboxylic acid groups (broad SMARTS) is 1. The van der Waals surface area contributed by atoms with E-state index in [1.807, 2.05) is 19.9 Å². The van der Waals surface area contributed by atoms with Crippen LogP contribution in [0, 0.1) is 16.7 Å². The molecule has 2 fully saturated rings. The normalized spacial score (nSPS) is 27.5. The number of carbonyl (C=O) groups is 2. The third-order valence-electron chi connectivity index (χ3n) is 5.99. The van der Waals surface area contributed by atoms with Gasteiger partial charge in [-0.05, 0) is 29.7 Å². The van der Waals surface area contributed by atoms with Crippen LogP contribution in [-0.2, 0) is 19.7 Å². The van der Waals surface area contributed by atoms with Gasteiger partial charge in [0.15, 0.2) is 0 Å². The molecule has 3 atom stereocenters. The van der Waals surface area contributed by atoms with E-state index in [-0.39, 0.29) is 17.1 Å². The summed E-state index contributed by atoms with van der Waals surface area (Å²) in [5.41, 5.74) is 4.84. The first-order chi connectivity index (χ1) is 11.9. The van der Waals surface area contributed by atoms with E-state index in [9.17, 15) is 18.0 Å². The Morgan fingerprint density at radius 3 is 2.27 bits per heavy atom. The van der Waals surface area contributed by atoms with Crippen LogP contribution < -0.4 is 5.73 Å². The second-order valence-electron chi connectivity index (χ2n) is 7.62. The Kier molecular flexibility index (Phi) is 5.60. The van der Waals surface area contributed by atoms with Crippen molar-refractivity contribution in [3.8, 4) is 0 Å². The molecule has 2 bridgehead atoms. The summed E-state index contributed by atoms with van der Waals surface area (Å²) >= 11 is 0. The average molecular weight is 383 g/mol. The topological polar surface area (TPSA) is 135 Å². The summed E-state index contributed by atoms with van der Waals surface area (Å²) in [6.45, 7) is 3.89. The molecule has 0 radical (unpaired) electrons. The summed E-state index contributed by atoms with van der Waals surface area (Å²) in [4.78, 5) is 22.3. The van der Waals surface area contributed by atoms with Crippen molar-refractivity contribution in [3.63, 3.8) is 0 Å². The van der Waals surface area contributed by atoms with Gasteiger partial charge in [-0.2, -0.15) is 8.42 Å². The van der Waals surface area contributed by atoms with Crippen molar-refractivity contribution in [1.82, 2.24) is 0 Å². The monoisotopic (exact) mass is 383 g/mol. The molecule has 0 heterocycles. The molecule has 2 aliphatic rings. The molecular weight excluding hydrogens is 358 g/mol. The maximum absolute atomic E-state index is 11.9. The molecule has 3 rings (SSSR count). The van der Waals surface area contributed by atoms with Crippen molar-refractivity contribution >= 4 is 21.9 Å². The number of ketones is 1. The quantitative estimate of drug-likeness (QED) is 0.677. The highest BCUT2D eigenvalue weighted by molar-refractivity contribution is 7.85. The lowest BCUT2D eigenvalue weighted by Crippen LogP contribution is -2.42. The Morgan fingerprint density at radius 1 is 1.31 bits per heavy atom. The van der Waals surface area contributed by atoms with Crippen LogP contribution >= 0.6 is 0 Å². The SMILES string of the molecule is CC1(C)[C@H]2CC[C@@]1(CS(=O)(=O)O)C(=O)C2.N[C@@H](C(=O)O)c1ccccc1. The van der Waals surface area contributed by atoms with Crippen LogP contribution in [0.25, 0.3) is 0 Å². The van der Waals surface area contributed by atoms with Gasteiger partial charge < -0.3 is 10.8 Å². The van der Waals surface area contributed by atoms with Crippen molar-refractivity contribution < 1.29 is 27.7 Å². The highest BCUT2D eigenvalue weighted by Gasteiger charge is 2.65. The van der Waals surface area contributed by atoms with E-state index in [4.69, 9.17) is 15.4 Å². The number of fused-ring (bicyclic) bond motifs is 2. The first-order valence-corrected chi connectivity index (χ1v) is 10.0. The van der Waals surface area contributed by atoms with E-state index in [1.54, 1.807) is 24.3 Å². The zero-order valence-electron chi connectivity index (χ0n) is 14.9. The van der Waals surface area contributed by atoms with Crippen LogP contribution in [0.1, 0.15) is 44.7 Å². The van der Waals surface area contributed by atoms with Gasteiger partial charge in [0, 0.05) is 6.42 Å². The van der Waals surface area contributed by atoms with E-state index in [2.05, 4.69) is 0 Å². The first kappa shape index (κ1) is 20.5. The summed E-state index contributed by atoms with van der Waals surface area (Å²) in [6.07, 6.45) is 1.97. The summed E-state index contributed by atoms with van der Waals surface area (Å²) < 4.78 is 31.0. The van der Waals surface area contributed by atoms with Crippen molar-refractivity contribution in [1.29, 1.82) is 0 Å². The molecule has 7 nitrogen and oxygen atoms in total. The minimum Gasteiger partial charge on any atom is -0.480 e. The summed E-state index contributed by atoms with van der Waals surface area (Å²) in [6, 6.07) is 7.82. The number of hydrogen-bond donors (Lipinski definition) is 3. The molecule has 0 saturated heterocycles. The fourth-order valence-electron chi connectivity index (χ4n) is 4.22. The highest BCUT2D eigenvalue weighted by atomic mass is 32.2. The molecular formula is C18H25NO6S. The number of hydrogen-bond acceptors (Lipinski definition) is 5. The van der Waals surface area contributed by atoms with E-state index in [0.29, 0.717) is 18.4 Å². The van der Waals surface area contributed by atoms with Gasteiger partial charge in [-0.3, -0.25) is 14.1 Å². The Labute approximate surface area is 153 Å². The zero-order valence-corrected chi connectivity index (χ0v) is 15.7. The van der Waals surface area contributed by atoms with E-state index in [0.717, 1.165) is 6.42 Å². The van der Waals surface area contributed by atoms with Crippen molar-refractivity contribution in [2.24, 2.45) is 22.5 Å². The van der Waals surface area contributed by atoms with Crippen LogP contribution in [-0.4, -0.2) is 35.6 Å². The Hall–Kier alpha value is -1.77. The largest absolute Gasteiger partial charge is 0.480 e. The summed E-state index contributed by atoms with van der Waals surface area (Å²) in [7, 11) is -4.08. The first-order valence-electron chi connectivity index (χ1n) is 8.42. The summed E-state index contributed by atoms with van der Waals surface area (Å²) in [5, 5.41) is 8.51. The van der Waals surface area contributed by atoms with E-state index < -0.39 is 33.3 Å². The van der Waals surface area contributed by atoms with E-state index in [1.165, 1.54) is 0 Å².